The third-order valence-corrected chi connectivity index (χ3v) is 8.42. The van der Waals surface area contributed by atoms with Crippen LogP contribution in [-0.2, 0) is 14.3 Å². The largest absolute Gasteiger partial charge is 0.478 e. The van der Waals surface area contributed by atoms with Crippen molar-refractivity contribution in [3.63, 3.8) is 0 Å². The Bertz CT molecular complexity index is 1260. The lowest BCUT2D eigenvalue weighted by Crippen LogP contribution is -2.49. The zero-order valence-electron chi connectivity index (χ0n) is 31.4. The molecule has 0 aliphatic carbocycles. The fraction of sp³-hybridized carbons (Fsp3) is 0.524. The van der Waals surface area contributed by atoms with E-state index in [9.17, 15) is 9.59 Å². The third kappa shape index (κ3) is 22.9. The summed E-state index contributed by atoms with van der Waals surface area (Å²) in [6, 6.07) is 6.98. The molecule has 1 aliphatic heterocycles. The number of carbonyl (C=O) groups excluding carboxylic acids is 2. The molecular weight excluding hydrogens is 660 g/mol. The topological polar surface area (TPSA) is 83.1 Å². The zero-order chi connectivity index (χ0) is 36.8. The minimum absolute atomic E-state index is 0.0528. The second-order valence-electron chi connectivity index (χ2n) is 12.9. The molecule has 0 bridgehead atoms. The van der Waals surface area contributed by atoms with Crippen molar-refractivity contribution < 1.29 is 19.1 Å². The third-order valence-electron chi connectivity index (χ3n) is 8.17. The molecule has 8 nitrogen and oxygen atoms in total. The Kier molecular flexibility index (Phi) is 24.2. The molecule has 0 atom stereocenters. The number of carbonyl (C=O) groups is 2. The maximum Gasteiger partial charge on any atom is 0.263 e. The van der Waals surface area contributed by atoms with E-state index in [2.05, 4.69) is 100 Å². The van der Waals surface area contributed by atoms with E-state index in [4.69, 9.17) is 21.1 Å². The number of morpholine rings is 1. The summed E-state index contributed by atoms with van der Waals surface area (Å²) in [5.74, 6) is 0.452. The molecule has 0 unspecified atom stereocenters. The van der Waals surface area contributed by atoms with Crippen molar-refractivity contribution in [1.29, 1.82) is 0 Å². The summed E-state index contributed by atoms with van der Waals surface area (Å²) in [6.45, 7) is 13.2. The lowest BCUT2D eigenvalue weighted by Gasteiger charge is -2.30. The summed E-state index contributed by atoms with van der Waals surface area (Å²) >= 11 is 5.97. The number of allylic oxidation sites excluding steroid dienone is 12. The summed E-state index contributed by atoms with van der Waals surface area (Å²) in [5.41, 5.74) is -1.04. The van der Waals surface area contributed by atoms with E-state index >= 15 is 0 Å². The molecule has 0 aromatic heterocycles. The summed E-state index contributed by atoms with van der Waals surface area (Å²) < 4.78 is 11.4. The number of hydrogen-bond donors (Lipinski definition) is 2. The Balaban J connectivity index is 1.62. The van der Waals surface area contributed by atoms with Crippen LogP contribution in [0.2, 0.25) is 5.02 Å². The molecule has 282 valence electrons. The van der Waals surface area contributed by atoms with Crippen LogP contribution in [0, 0.1) is 0 Å². The molecule has 1 fully saturated rings. The minimum Gasteiger partial charge on any atom is -0.478 e. The summed E-state index contributed by atoms with van der Waals surface area (Å²) in [7, 11) is 0. The molecule has 9 heteroatoms. The average molecular weight is 723 g/mol. The molecule has 1 aromatic rings. The van der Waals surface area contributed by atoms with E-state index in [0.29, 0.717) is 43.4 Å². The normalized spacial score (nSPS) is 14.8. The molecule has 2 N–H and O–H groups in total. The van der Waals surface area contributed by atoms with Gasteiger partial charge in [0.1, 0.15) is 5.75 Å². The smallest absolute Gasteiger partial charge is 0.263 e. The van der Waals surface area contributed by atoms with Gasteiger partial charge in [-0.25, -0.2) is 0 Å². The first kappa shape index (κ1) is 43.7. The van der Waals surface area contributed by atoms with Gasteiger partial charge in [0.2, 0.25) is 5.91 Å². The second kappa shape index (κ2) is 28.2. The van der Waals surface area contributed by atoms with Crippen molar-refractivity contribution in [2.24, 2.45) is 0 Å². The highest BCUT2D eigenvalue weighted by Crippen LogP contribution is 2.21. The van der Waals surface area contributed by atoms with Crippen molar-refractivity contribution in [3.05, 3.63) is 102 Å². The highest BCUT2D eigenvalue weighted by molar-refractivity contribution is 6.30. The van der Waals surface area contributed by atoms with E-state index < -0.39 is 5.60 Å². The van der Waals surface area contributed by atoms with Gasteiger partial charge in [0.15, 0.2) is 5.60 Å². The summed E-state index contributed by atoms with van der Waals surface area (Å²) in [6.07, 6.45) is 33.2. The van der Waals surface area contributed by atoms with Crippen LogP contribution in [0.15, 0.2) is 97.2 Å². The van der Waals surface area contributed by atoms with Gasteiger partial charge in [0.05, 0.1) is 13.2 Å². The van der Waals surface area contributed by atoms with Crippen LogP contribution >= 0.6 is 11.6 Å². The standard InChI is InChI=1S/C42H63ClN4O4/c1-4-5-6-7-8-9-10-11-12-13-14-15-16-17-18-19-20-21-22-23-40(48)44-28-30-46(32-33-47-34-36-50-37-35-47)31-29-45-41(49)42(2,3)51-39-26-24-38(43)25-27-39/h5-6,8-9,11-12,14-15,17-18,20-21,24-27H,4,7,10,13,16,19,22-23,28-37H2,1-3H3,(H,44,48)(H,45,49)/b6-5-,9-8-,12-11-,15-14-,18-17-,21-20-. The van der Waals surface area contributed by atoms with Crippen LogP contribution in [0.5, 0.6) is 5.75 Å². The Hall–Kier alpha value is -3.43. The summed E-state index contributed by atoms with van der Waals surface area (Å²) in [4.78, 5) is 30.1. The minimum atomic E-state index is -1.04. The zero-order valence-corrected chi connectivity index (χ0v) is 32.1. The molecule has 51 heavy (non-hydrogen) atoms. The first-order chi connectivity index (χ1) is 24.8. The predicted octanol–water partition coefficient (Wildman–Crippen LogP) is 7.84. The van der Waals surface area contributed by atoms with Crippen LogP contribution in [-0.4, -0.2) is 92.8 Å². The predicted molar refractivity (Wildman–Crippen MR) is 213 cm³/mol. The Morgan fingerprint density at radius 2 is 1.29 bits per heavy atom. The first-order valence-electron chi connectivity index (χ1n) is 18.7. The Labute approximate surface area is 313 Å². The molecule has 1 aliphatic rings. The molecule has 0 radical (unpaired) electrons. The van der Waals surface area contributed by atoms with Gasteiger partial charge >= 0.3 is 0 Å². The maximum atomic E-state index is 13.0. The van der Waals surface area contributed by atoms with Gasteiger partial charge < -0.3 is 20.1 Å². The highest BCUT2D eigenvalue weighted by atomic mass is 35.5. The van der Waals surface area contributed by atoms with Crippen LogP contribution in [0.3, 0.4) is 0 Å². The number of halogens is 1. The van der Waals surface area contributed by atoms with Crippen molar-refractivity contribution in [1.82, 2.24) is 20.4 Å². The van der Waals surface area contributed by atoms with Crippen LogP contribution in [0.25, 0.3) is 0 Å². The van der Waals surface area contributed by atoms with E-state index in [1.807, 2.05) is 0 Å². The van der Waals surface area contributed by atoms with Crippen LogP contribution in [0.4, 0.5) is 0 Å². The van der Waals surface area contributed by atoms with Gasteiger partial charge in [-0.05, 0) is 83.1 Å². The van der Waals surface area contributed by atoms with E-state index in [1.165, 1.54) is 0 Å². The van der Waals surface area contributed by atoms with Gasteiger partial charge in [0.25, 0.3) is 5.91 Å². The lowest BCUT2D eigenvalue weighted by molar-refractivity contribution is -0.134. The van der Waals surface area contributed by atoms with Crippen molar-refractivity contribution >= 4 is 23.4 Å². The number of nitrogens with one attached hydrogen (secondary N) is 2. The van der Waals surface area contributed by atoms with Crippen molar-refractivity contribution in [3.8, 4) is 5.75 Å². The molecule has 2 rings (SSSR count). The molecule has 1 aromatic carbocycles. The lowest BCUT2D eigenvalue weighted by atomic mass is 10.1. The van der Waals surface area contributed by atoms with Gasteiger partial charge in [-0.2, -0.15) is 0 Å². The molecule has 1 heterocycles. The van der Waals surface area contributed by atoms with Crippen molar-refractivity contribution in [2.75, 3.05) is 65.6 Å². The number of nitrogens with zero attached hydrogens (tertiary/aromatic N) is 2. The number of ether oxygens (including phenoxy) is 2. The molecule has 0 spiro atoms. The quantitative estimate of drug-likeness (QED) is 0.0949. The SMILES string of the molecule is CC/C=C\C/C=C\C/C=C\C/C=C\C/C=C\C/C=C\CCC(=O)NCCN(CCNC(=O)C(C)(C)Oc1ccc(Cl)cc1)CCN1CCOCC1. The highest BCUT2D eigenvalue weighted by Gasteiger charge is 2.29. The molecular formula is C42H63ClN4O4. The second-order valence-corrected chi connectivity index (χ2v) is 13.4. The fourth-order valence-corrected chi connectivity index (χ4v) is 5.25. The average Bonchev–Trinajstić information content (AvgIpc) is 3.12. The molecule has 2 amide bonds. The molecule has 1 saturated heterocycles. The number of hydrogen-bond acceptors (Lipinski definition) is 6. The van der Waals surface area contributed by atoms with E-state index in [0.717, 1.165) is 84.3 Å². The number of amides is 2. The monoisotopic (exact) mass is 722 g/mol. The van der Waals surface area contributed by atoms with Gasteiger partial charge in [-0.1, -0.05) is 91.4 Å². The fourth-order valence-electron chi connectivity index (χ4n) is 5.12. The van der Waals surface area contributed by atoms with E-state index in [1.54, 1.807) is 38.1 Å². The molecule has 0 saturated carbocycles. The van der Waals surface area contributed by atoms with Crippen LogP contribution in [0.1, 0.15) is 72.1 Å². The van der Waals surface area contributed by atoms with Crippen LogP contribution < -0.4 is 15.4 Å². The van der Waals surface area contributed by atoms with Gasteiger partial charge in [-0.15, -0.1) is 0 Å². The maximum absolute atomic E-state index is 13.0. The Morgan fingerprint density at radius 3 is 1.84 bits per heavy atom. The van der Waals surface area contributed by atoms with Gasteiger partial charge in [0, 0.05) is 63.8 Å². The number of benzene rings is 1. The number of rotatable bonds is 26. The first-order valence-corrected chi connectivity index (χ1v) is 19.1. The van der Waals surface area contributed by atoms with Gasteiger partial charge in [-0.3, -0.25) is 19.4 Å². The van der Waals surface area contributed by atoms with E-state index in [-0.39, 0.29) is 11.8 Å². The summed E-state index contributed by atoms with van der Waals surface area (Å²) in [5, 5.41) is 6.71. The Morgan fingerprint density at radius 1 is 0.784 bits per heavy atom. The van der Waals surface area contributed by atoms with Crippen molar-refractivity contribution in [2.45, 2.75) is 77.7 Å².